The van der Waals surface area contributed by atoms with Crippen LogP contribution in [0, 0.1) is 21.4 Å². The Morgan fingerprint density at radius 1 is 1.57 bits per heavy atom. The number of rotatable bonds is 6. The van der Waals surface area contributed by atoms with Gasteiger partial charge in [0.1, 0.15) is 5.69 Å². The summed E-state index contributed by atoms with van der Waals surface area (Å²) in [6, 6.07) is 5.99. The van der Waals surface area contributed by atoms with Crippen LogP contribution in [0.5, 0.6) is 0 Å². The number of nitrogens with zero attached hydrogens (tertiary/aromatic N) is 3. The number of benzene rings is 1. The minimum absolute atomic E-state index is 0.0323. The molecule has 1 aromatic carbocycles. The predicted molar refractivity (Wildman–Crippen MR) is 77.3 cm³/mol. The van der Waals surface area contributed by atoms with Gasteiger partial charge in [-0.25, -0.2) is 0 Å². The molecule has 0 heterocycles. The summed E-state index contributed by atoms with van der Waals surface area (Å²) < 4.78 is 0. The fraction of sp³-hybridized carbons (Fsp3) is 0.385. The molecule has 0 aromatic heterocycles. The molecule has 8 nitrogen and oxygen atoms in total. The minimum Gasteiger partial charge on any atom is -0.335 e. The van der Waals surface area contributed by atoms with Gasteiger partial charge in [-0.1, -0.05) is 6.07 Å². The Morgan fingerprint density at radius 2 is 2.24 bits per heavy atom. The van der Waals surface area contributed by atoms with Crippen molar-refractivity contribution in [1.29, 1.82) is 5.26 Å². The summed E-state index contributed by atoms with van der Waals surface area (Å²) >= 11 is 0. The molecule has 0 unspecified atom stereocenters. The summed E-state index contributed by atoms with van der Waals surface area (Å²) in [5.41, 5.74) is 2.03. The van der Waals surface area contributed by atoms with Gasteiger partial charge in [-0.15, -0.1) is 0 Å². The van der Waals surface area contributed by atoms with Gasteiger partial charge in [0, 0.05) is 18.7 Å². The second kappa shape index (κ2) is 7.21. The van der Waals surface area contributed by atoms with Crippen molar-refractivity contribution in [3.63, 3.8) is 0 Å². The van der Waals surface area contributed by atoms with E-state index in [0.717, 1.165) is 0 Å². The van der Waals surface area contributed by atoms with E-state index in [1.54, 1.807) is 0 Å². The summed E-state index contributed by atoms with van der Waals surface area (Å²) in [4.78, 5) is 24.4. The number of nitriles is 1. The Bertz CT molecular complexity index is 580. The number of para-hydroxylation sites is 1. The number of nitro benzene ring substituents is 1. The predicted octanol–water partition coefficient (Wildman–Crippen LogP) is 1.64. The summed E-state index contributed by atoms with van der Waals surface area (Å²) in [7, 11) is 0. The van der Waals surface area contributed by atoms with E-state index < -0.39 is 10.8 Å². The lowest BCUT2D eigenvalue weighted by Crippen LogP contribution is -2.38. The zero-order valence-electron chi connectivity index (χ0n) is 11.9. The first-order valence-electron chi connectivity index (χ1n) is 6.36. The van der Waals surface area contributed by atoms with E-state index in [1.807, 2.05) is 19.9 Å². The maximum atomic E-state index is 12.5. The third-order valence-electron chi connectivity index (χ3n) is 2.96. The van der Waals surface area contributed by atoms with Gasteiger partial charge in [-0.3, -0.25) is 20.8 Å². The van der Waals surface area contributed by atoms with E-state index >= 15 is 0 Å². The lowest BCUT2D eigenvalue weighted by Gasteiger charge is -2.26. The number of hydrogen-bond acceptors (Lipinski definition) is 6. The molecule has 0 fully saturated rings. The number of anilines is 1. The summed E-state index contributed by atoms with van der Waals surface area (Å²) in [6.07, 6.45) is 0.185. The highest BCUT2D eigenvalue weighted by atomic mass is 16.6. The quantitative estimate of drug-likeness (QED) is 0.466. The molecule has 1 rings (SSSR count). The highest BCUT2D eigenvalue weighted by molar-refractivity contribution is 6.01. The van der Waals surface area contributed by atoms with Gasteiger partial charge in [0.2, 0.25) is 0 Å². The van der Waals surface area contributed by atoms with Crippen LogP contribution in [0.3, 0.4) is 0 Å². The monoisotopic (exact) mass is 291 g/mol. The van der Waals surface area contributed by atoms with Gasteiger partial charge in [0.15, 0.2) is 0 Å². The van der Waals surface area contributed by atoms with Crippen molar-refractivity contribution in [3.05, 3.63) is 33.9 Å². The standard InChI is InChI=1S/C13H17N5O3/c1-9(2)17(8-4-7-14)13(19)10-5-3-6-11(18(20)21)12(10)16-15/h3,5-6,9,16H,4,8,15H2,1-2H3. The molecule has 8 heteroatoms. The van der Waals surface area contributed by atoms with Crippen molar-refractivity contribution in [1.82, 2.24) is 4.90 Å². The Labute approximate surface area is 122 Å². The molecular weight excluding hydrogens is 274 g/mol. The Balaban J connectivity index is 3.25. The Hall–Kier alpha value is -2.66. The zero-order valence-corrected chi connectivity index (χ0v) is 11.9. The lowest BCUT2D eigenvalue weighted by molar-refractivity contribution is -0.384. The summed E-state index contributed by atoms with van der Waals surface area (Å²) in [5.74, 6) is 4.92. The largest absolute Gasteiger partial charge is 0.335 e. The van der Waals surface area contributed by atoms with Crippen LogP contribution < -0.4 is 11.3 Å². The van der Waals surface area contributed by atoms with E-state index in [1.165, 1.54) is 23.1 Å². The number of nitro groups is 1. The molecule has 21 heavy (non-hydrogen) atoms. The average molecular weight is 291 g/mol. The number of amides is 1. The maximum absolute atomic E-state index is 12.5. The first-order valence-corrected chi connectivity index (χ1v) is 6.36. The second-order valence-corrected chi connectivity index (χ2v) is 4.60. The molecule has 3 N–H and O–H groups in total. The van der Waals surface area contributed by atoms with Crippen molar-refractivity contribution in [2.45, 2.75) is 26.3 Å². The van der Waals surface area contributed by atoms with Crippen LogP contribution in [0.2, 0.25) is 0 Å². The van der Waals surface area contributed by atoms with Crippen LogP contribution in [0.25, 0.3) is 0 Å². The number of hydrogen-bond donors (Lipinski definition) is 2. The number of carbonyl (C=O) groups excluding carboxylic acids is 1. The molecule has 0 atom stereocenters. The van der Waals surface area contributed by atoms with Crippen LogP contribution in [0.1, 0.15) is 30.6 Å². The second-order valence-electron chi connectivity index (χ2n) is 4.60. The van der Waals surface area contributed by atoms with E-state index in [2.05, 4.69) is 5.43 Å². The van der Waals surface area contributed by atoms with E-state index in [9.17, 15) is 14.9 Å². The SMILES string of the molecule is CC(C)N(CCC#N)C(=O)c1cccc([N+](=O)[O-])c1NN. The fourth-order valence-electron chi connectivity index (χ4n) is 1.94. The lowest BCUT2D eigenvalue weighted by atomic mass is 10.1. The zero-order chi connectivity index (χ0) is 16.0. The smallest absolute Gasteiger partial charge is 0.294 e. The number of hydrazine groups is 1. The first-order chi connectivity index (χ1) is 9.93. The van der Waals surface area contributed by atoms with E-state index in [4.69, 9.17) is 11.1 Å². The van der Waals surface area contributed by atoms with Crippen molar-refractivity contribution in [2.75, 3.05) is 12.0 Å². The molecule has 1 amide bonds. The molecule has 1 aromatic rings. The molecular formula is C13H17N5O3. The van der Waals surface area contributed by atoms with E-state index in [0.29, 0.717) is 0 Å². The molecule has 0 aliphatic heterocycles. The van der Waals surface area contributed by atoms with Gasteiger partial charge in [0.25, 0.3) is 11.6 Å². The molecule has 0 radical (unpaired) electrons. The summed E-state index contributed by atoms with van der Waals surface area (Å²) in [6.45, 7) is 3.87. The molecule has 0 spiro atoms. The normalized spacial score (nSPS) is 10.0. The van der Waals surface area contributed by atoms with Crippen molar-refractivity contribution in [3.8, 4) is 6.07 Å². The topological polar surface area (TPSA) is 125 Å². The van der Waals surface area contributed by atoms with Crippen molar-refractivity contribution in [2.24, 2.45) is 5.84 Å². The van der Waals surface area contributed by atoms with Gasteiger partial charge < -0.3 is 10.3 Å². The average Bonchev–Trinajstić information content (AvgIpc) is 2.45. The number of nitrogen functional groups attached to an aromatic ring is 1. The highest BCUT2D eigenvalue weighted by Gasteiger charge is 2.25. The van der Waals surface area contributed by atoms with Crippen LogP contribution in [-0.2, 0) is 0 Å². The van der Waals surface area contributed by atoms with Gasteiger partial charge >= 0.3 is 0 Å². The summed E-state index contributed by atoms with van der Waals surface area (Å²) in [5, 5.41) is 19.6. The number of carbonyl (C=O) groups is 1. The van der Waals surface area contributed by atoms with Crippen molar-refractivity contribution < 1.29 is 9.72 Å². The maximum Gasteiger partial charge on any atom is 0.294 e. The minimum atomic E-state index is -0.610. The number of nitrogens with one attached hydrogen (secondary N) is 1. The molecule has 0 aliphatic rings. The third kappa shape index (κ3) is 3.67. The van der Waals surface area contributed by atoms with Gasteiger partial charge in [-0.2, -0.15) is 5.26 Å². The highest BCUT2D eigenvalue weighted by Crippen LogP contribution is 2.28. The Kier molecular flexibility index (Phi) is 5.63. The Morgan fingerprint density at radius 3 is 2.71 bits per heavy atom. The first kappa shape index (κ1) is 16.4. The fourth-order valence-corrected chi connectivity index (χ4v) is 1.94. The molecule has 0 saturated carbocycles. The van der Waals surface area contributed by atoms with Crippen molar-refractivity contribution >= 4 is 17.3 Å². The number of nitrogens with two attached hydrogens (primary N) is 1. The van der Waals surface area contributed by atoms with Crippen LogP contribution in [0.15, 0.2) is 18.2 Å². The molecule has 0 aliphatic carbocycles. The molecule has 0 saturated heterocycles. The van der Waals surface area contributed by atoms with Crippen LogP contribution >= 0.6 is 0 Å². The van der Waals surface area contributed by atoms with Crippen LogP contribution in [0.4, 0.5) is 11.4 Å². The van der Waals surface area contributed by atoms with E-state index in [-0.39, 0.29) is 35.9 Å². The third-order valence-corrected chi connectivity index (χ3v) is 2.96. The molecule has 0 bridgehead atoms. The van der Waals surface area contributed by atoms with Gasteiger partial charge in [-0.05, 0) is 19.9 Å². The van der Waals surface area contributed by atoms with Crippen LogP contribution in [-0.4, -0.2) is 28.3 Å². The molecule has 112 valence electrons. The van der Waals surface area contributed by atoms with Gasteiger partial charge in [0.05, 0.1) is 23.0 Å².